The van der Waals surface area contributed by atoms with Crippen LogP contribution in [0.25, 0.3) is 0 Å². The number of hydrogen-bond acceptors (Lipinski definition) is 3. The zero-order valence-corrected chi connectivity index (χ0v) is 18.8. The molecule has 4 fully saturated rings. The van der Waals surface area contributed by atoms with Crippen molar-refractivity contribution in [2.45, 2.75) is 63.8 Å². The summed E-state index contributed by atoms with van der Waals surface area (Å²) in [6.45, 7) is 5.60. The number of nitrogens with zero attached hydrogens (tertiary/aromatic N) is 3. The molecule has 0 atom stereocenters. The summed E-state index contributed by atoms with van der Waals surface area (Å²) < 4.78 is 0. The molecular formula is C26H37N3O2. The molecule has 2 aliphatic heterocycles. The topological polar surface area (TPSA) is 43.9 Å². The van der Waals surface area contributed by atoms with E-state index in [0.717, 1.165) is 83.0 Å². The van der Waals surface area contributed by atoms with Crippen molar-refractivity contribution in [3.05, 3.63) is 35.4 Å². The Kier molecular flexibility index (Phi) is 6.31. The van der Waals surface area contributed by atoms with Crippen LogP contribution in [0.1, 0.15) is 67.3 Å². The fraction of sp³-hybridized carbons (Fsp3) is 0.692. The van der Waals surface area contributed by atoms with Gasteiger partial charge < -0.3 is 9.80 Å². The van der Waals surface area contributed by atoms with Gasteiger partial charge in [0.15, 0.2) is 0 Å². The van der Waals surface area contributed by atoms with Crippen molar-refractivity contribution in [2.75, 3.05) is 39.3 Å². The number of amides is 2. The van der Waals surface area contributed by atoms with Gasteiger partial charge in [-0.1, -0.05) is 25.0 Å². The zero-order chi connectivity index (χ0) is 21.2. The molecule has 0 aromatic heterocycles. The summed E-state index contributed by atoms with van der Waals surface area (Å²) in [5.74, 6) is 1.57. The Hall–Kier alpha value is -1.88. The average molecular weight is 424 g/mol. The van der Waals surface area contributed by atoms with E-state index in [2.05, 4.69) is 21.9 Å². The van der Waals surface area contributed by atoms with Crippen molar-refractivity contribution in [1.82, 2.24) is 14.7 Å². The normalized spacial score (nSPS) is 24.0. The van der Waals surface area contributed by atoms with Gasteiger partial charge in [0.25, 0.3) is 5.91 Å². The van der Waals surface area contributed by atoms with Gasteiger partial charge in [-0.25, -0.2) is 0 Å². The van der Waals surface area contributed by atoms with E-state index < -0.39 is 0 Å². The number of likely N-dealkylation sites (tertiary alicyclic amines) is 1. The van der Waals surface area contributed by atoms with Crippen LogP contribution in [-0.4, -0.2) is 71.8 Å². The highest BCUT2D eigenvalue weighted by Crippen LogP contribution is 2.33. The molecule has 0 spiro atoms. The number of rotatable bonds is 5. The molecule has 2 saturated heterocycles. The van der Waals surface area contributed by atoms with Crippen molar-refractivity contribution < 1.29 is 9.59 Å². The number of piperazine rings is 1. The molecule has 31 heavy (non-hydrogen) atoms. The fourth-order valence-corrected chi connectivity index (χ4v) is 5.80. The summed E-state index contributed by atoms with van der Waals surface area (Å²) in [6, 6.07) is 9.09. The number of piperidine rings is 1. The molecule has 168 valence electrons. The summed E-state index contributed by atoms with van der Waals surface area (Å²) in [4.78, 5) is 31.9. The third kappa shape index (κ3) is 4.97. The molecule has 1 aromatic carbocycles. The molecule has 0 bridgehead atoms. The average Bonchev–Trinajstić information content (AvgIpc) is 3.53. The monoisotopic (exact) mass is 423 g/mol. The van der Waals surface area contributed by atoms with Gasteiger partial charge in [-0.2, -0.15) is 0 Å². The quantitative estimate of drug-likeness (QED) is 0.727. The van der Waals surface area contributed by atoms with E-state index in [1.807, 2.05) is 17.0 Å². The second kappa shape index (κ2) is 9.32. The third-order valence-corrected chi connectivity index (χ3v) is 8.02. The van der Waals surface area contributed by atoms with E-state index in [4.69, 9.17) is 0 Å². The molecular weight excluding hydrogens is 386 g/mol. The molecule has 2 amide bonds. The predicted molar refractivity (Wildman–Crippen MR) is 122 cm³/mol. The van der Waals surface area contributed by atoms with Crippen LogP contribution in [-0.2, 0) is 11.2 Å². The number of carbonyl (C=O) groups excluding carboxylic acids is 2. The second-order valence-corrected chi connectivity index (χ2v) is 10.2. The van der Waals surface area contributed by atoms with Crippen LogP contribution in [0.15, 0.2) is 24.3 Å². The van der Waals surface area contributed by atoms with Crippen LogP contribution >= 0.6 is 0 Å². The molecule has 5 rings (SSSR count). The first-order valence-electron chi connectivity index (χ1n) is 12.6. The largest absolute Gasteiger partial charge is 0.342 e. The van der Waals surface area contributed by atoms with E-state index in [1.54, 1.807) is 0 Å². The van der Waals surface area contributed by atoms with Crippen molar-refractivity contribution in [3.8, 4) is 0 Å². The summed E-state index contributed by atoms with van der Waals surface area (Å²) in [5, 5.41) is 0. The molecule has 5 heteroatoms. The van der Waals surface area contributed by atoms with Crippen LogP contribution in [0.2, 0.25) is 0 Å². The number of hydrogen-bond donors (Lipinski definition) is 0. The van der Waals surface area contributed by atoms with Crippen molar-refractivity contribution >= 4 is 11.8 Å². The standard InChI is InChI=1S/C26H37N3O2/c30-25(23-9-10-23)28-13-11-21(12-14-28)19-20-5-7-22(8-6-20)26(31)29-17-15-27(16-18-29)24-3-1-2-4-24/h5-8,21,23-24H,1-4,9-19H2. The lowest BCUT2D eigenvalue weighted by Gasteiger charge is -2.38. The maximum Gasteiger partial charge on any atom is 0.253 e. The van der Waals surface area contributed by atoms with Crippen LogP contribution in [0.5, 0.6) is 0 Å². The minimum absolute atomic E-state index is 0.185. The Morgan fingerprint density at radius 2 is 1.39 bits per heavy atom. The Labute approximate surface area is 186 Å². The molecule has 0 radical (unpaired) electrons. The maximum absolute atomic E-state index is 13.0. The zero-order valence-electron chi connectivity index (χ0n) is 18.8. The van der Waals surface area contributed by atoms with Gasteiger partial charge in [-0.3, -0.25) is 14.5 Å². The van der Waals surface area contributed by atoms with Crippen molar-refractivity contribution in [2.24, 2.45) is 11.8 Å². The summed E-state index contributed by atoms with van der Waals surface area (Å²) in [6.07, 6.45) is 10.9. The molecule has 2 aliphatic carbocycles. The lowest BCUT2D eigenvalue weighted by Crippen LogP contribution is -2.51. The first-order chi connectivity index (χ1) is 15.2. The molecule has 2 heterocycles. The first-order valence-corrected chi connectivity index (χ1v) is 12.6. The van der Waals surface area contributed by atoms with Crippen LogP contribution in [0.4, 0.5) is 0 Å². The molecule has 0 unspecified atom stereocenters. The Morgan fingerprint density at radius 3 is 2.00 bits per heavy atom. The van der Waals surface area contributed by atoms with Gasteiger partial charge in [0.1, 0.15) is 0 Å². The molecule has 4 aliphatic rings. The van der Waals surface area contributed by atoms with Gasteiger partial charge in [-0.05, 0) is 68.6 Å². The van der Waals surface area contributed by atoms with E-state index >= 15 is 0 Å². The Bertz CT molecular complexity index is 766. The Morgan fingerprint density at radius 1 is 0.742 bits per heavy atom. The minimum Gasteiger partial charge on any atom is -0.342 e. The minimum atomic E-state index is 0.185. The van der Waals surface area contributed by atoms with Gasteiger partial charge in [-0.15, -0.1) is 0 Å². The highest BCUT2D eigenvalue weighted by Gasteiger charge is 2.35. The smallest absolute Gasteiger partial charge is 0.253 e. The highest BCUT2D eigenvalue weighted by atomic mass is 16.2. The van der Waals surface area contributed by atoms with Crippen molar-refractivity contribution in [3.63, 3.8) is 0 Å². The highest BCUT2D eigenvalue weighted by molar-refractivity contribution is 5.94. The summed E-state index contributed by atoms with van der Waals surface area (Å²) in [7, 11) is 0. The molecule has 2 saturated carbocycles. The fourth-order valence-electron chi connectivity index (χ4n) is 5.80. The lowest BCUT2D eigenvalue weighted by atomic mass is 9.89. The Balaban J connectivity index is 1.08. The third-order valence-electron chi connectivity index (χ3n) is 8.02. The van der Waals surface area contributed by atoms with Gasteiger partial charge in [0.05, 0.1) is 0 Å². The van der Waals surface area contributed by atoms with Gasteiger partial charge in [0, 0.05) is 56.8 Å². The van der Waals surface area contributed by atoms with Crippen LogP contribution < -0.4 is 0 Å². The molecule has 5 nitrogen and oxygen atoms in total. The SMILES string of the molecule is O=C(c1ccc(CC2CCN(C(=O)C3CC3)CC2)cc1)N1CCN(C2CCCC2)CC1. The van der Waals surface area contributed by atoms with Crippen LogP contribution in [0.3, 0.4) is 0 Å². The maximum atomic E-state index is 13.0. The number of carbonyl (C=O) groups is 2. The van der Waals surface area contributed by atoms with Crippen LogP contribution in [0, 0.1) is 11.8 Å². The van der Waals surface area contributed by atoms with Gasteiger partial charge in [0.2, 0.25) is 5.91 Å². The van der Waals surface area contributed by atoms with E-state index in [-0.39, 0.29) is 5.91 Å². The van der Waals surface area contributed by atoms with Crippen molar-refractivity contribution in [1.29, 1.82) is 0 Å². The molecule has 1 aromatic rings. The van der Waals surface area contributed by atoms with Gasteiger partial charge >= 0.3 is 0 Å². The number of benzene rings is 1. The van der Waals surface area contributed by atoms with E-state index in [9.17, 15) is 9.59 Å². The summed E-state index contributed by atoms with van der Waals surface area (Å²) >= 11 is 0. The predicted octanol–water partition coefficient (Wildman–Crippen LogP) is 3.58. The first kappa shape index (κ1) is 21.0. The second-order valence-electron chi connectivity index (χ2n) is 10.2. The lowest BCUT2D eigenvalue weighted by molar-refractivity contribution is -0.133. The molecule has 0 N–H and O–H groups in total. The van der Waals surface area contributed by atoms with E-state index in [0.29, 0.717) is 17.7 Å². The van der Waals surface area contributed by atoms with E-state index in [1.165, 1.54) is 31.2 Å². The summed E-state index contributed by atoms with van der Waals surface area (Å²) in [5.41, 5.74) is 2.14.